The van der Waals surface area contributed by atoms with Crippen LogP contribution in [0.2, 0.25) is 0 Å². The summed E-state index contributed by atoms with van der Waals surface area (Å²) in [6.07, 6.45) is 4.09. The normalized spacial score (nSPS) is 19.8. The summed E-state index contributed by atoms with van der Waals surface area (Å²) >= 11 is 0. The standard InChI is InChI=1S/C27H36FN5O5/c1-2-17-7-19(14-30-13-17)15-31-16-24(34)22-10-18-8-20(28)11-21(9-18)38-6-4-3-5-26(36)32-23(12-25(29)35)27(37)33-22/h7-9,11,13-14,22-24,31,34H,2-6,10,12,15-16H2,1H3,(H2,29,35)(H,32,36)(H,33,37)/t22-,23?,24+/m0/s1. The van der Waals surface area contributed by atoms with Gasteiger partial charge in [0.1, 0.15) is 17.6 Å². The van der Waals surface area contributed by atoms with Gasteiger partial charge in [-0.1, -0.05) is 13.0 Å². The van der Waals surface area contributed by atoms with Crippen LogP contribution in [-0.2, 0) is 33.8 Å². The van der Waals surface area contributed by atoms with Crippen molar-refractivity contribution in [3.05, 3.63) is 59.2 Å². The summed E-state index contributed by atoms with van der Waals surface area (Å²) in [5.41, 5.74) is 7.86. The molecular weight excluding hydrogens is 493 g/mol. The van der Waals surface area contributed by atoms with E-state index in [1.165, 1.54) is 12.1 Å². The number of halogens is 1. The van der Waals surface area contributed by atoms with E-state index in [0.717, 1.165) is 17.5 Å². The molecule has 0 saturated heterocycles. The number of nitrogens with one attached hydrogen (secondary N) is 3. The SMILES string of the molecule is CCc1cncc(CNC[C@@H](O)[C@@H]2Cc3cc(F)cc(c3)OCCCCC(=O)NC(CC(N)=O)C(=O)N2)c1. The third-order valence-electron chi connectivity index (χ3n) is 6.25. The van der Waals surface area contributed by atoms with E-state index < -0.39 is 48.1 Å². The van der Waals surface area contributed by atoms with E-state index in [2.05, 4.69) is 20.9 Å². The molecule has 6 N–H and O–H groups in total. The summed E-state index contributed by atoms with van der Waals surface area (Å²) in [7, 11) is 0. The molecule has 3 rings (SSSR count). The van der Waals surface area contributed by atoms with E-state index in [9.17, 15) is 23.9 Å². The topological polar surface area (TPSA) is 156 Å². The molecular formula is C27H36FN5O5. The molecule has 2 bridgehead atoms. The van der Waals surface area contributed by atoms with Gasteiger partial charge in [-0.05, 0) is 54.5 Å². The molecule has 2 heterocycles. The first-order valence-corrected chi connectivity index (χ1v) is 12.9. The zero-order chi connectivity index (χ0) is 27.5. The Morgan fingerprint density at radius 2 is 2.00 bits per heavy atom. The number of nitrogens with zero attached hydrogens (tertiary/aromatic N) is 1. The summed E-state index contributed by atoms with van der Waals surface area (Å²) in [4.78, 5) is 41.3. The fraction of sp³-hybridized carbons (Fsp3) is 0.481. The molecule has 1 aromatic carbocycles. The minimum absolute atomic E-state index is 0.0762. The Morgan fingerprint density at radius 3 is 2.76 bits per heavy atom. The number of pyridine rings is 1. The maximum Gasteiger partial charge on any atom is 0.243 e. The number of benzene rings is 1. The fourth-order valence-electron chi connectivity index (χ4n) is 4.24. The lowest BCUT2D eigenvalue weighted by molar-refractivity contribution is -0.132. The van der Waals surface area contributed by atoms with Crippen LogP contribution >= 0.6 is 0 Å². The van der Waals surface area contributed by atoms with Crippen LogP contribution in [0.5, 0.6) is 5.75 Å². The van der Waals surface area contributed by atoms with Crippen LogP contribution in [0, 0.1) is 5.82 Å². The summed E-state index contributed by atoms with van der Waals surface area (Å²) in [6.45, 7) is 2.86. The molecule has 1 unspecified atom stereocenters. The first-order valence-electron chi connectivity index (χ1n) is 12.9. The number of hydrogen-bond acceptors (Lipinski definition) is 7. The van der Waals surface area contributed by atoms with Crippen LogP contribution in [0.15, 0.2) is 36.7 Å². The van der Waals surface area contributed by atoms with Gasteiger partial charge >= 0.3 is 0 Å². The summed E-state index contributed by atoms with van der Waals surface area (Å²) in [5.74, 6) is -2.01. The molecule has 10 nitrogen and oxygen atoms in total. The zero-order valence-corrected chi connectivity index (χ0v) is 21.5. The first kappa shape index (κ1) is 29.0. The largest absolute Gasteiger partial charge is 0.493 e. The molecule has 3 amide bonds. The third kappa shape index (κ3) is 9.38. The molecule has 0 spiro atoms. The molecule has 2 aromatic rings. The Labute approximate surface area is 221 Å². The molecule has 0 aliphatic carbocycles. The van der Waals surface area contributed by atoms with Crippen LogP contribution in [0.4, 0.5) is 4.39 Å². The smallest absolute Gasteiger partial charge is 0.243 e. The summed E-state index contributed by atoms with van der Waals surface area (Å²) in [6, 6.07) is 4.19. The number of aliphatic hydroxyl groups excluding tert-OH is 1. The average Bonchev–Trinajstić information content (AvgIpc) is 2.87. The Bertz CT molecular complexity index is 1120. The van der Waals surface area contributed by atoms with Crippen molar-refractivity contribution in [1.29, 1.82) is 0 Å². The van der Waals surface area contributed by atoms with Crippen LogP contribution in [0.25, 0.3) is 0 Å². The van der Waals surface area contributed by atoms with Crippen molar-refractivity contribution in [2.24, 2.45) is 5.73 Å². The number of ether oxygens (including phenoxy) is 1. The lowest BCUT2D eigenvalue weighted by Gasteiger charge is -2.27. The van der Waals surface area contributed by atoms with Crippen molar-refractivity contribution >= 4 is 17.7 Å². The highest BCUT2D eigenvalue weighted by Gasteiger charge is 2.28. The van der Waals surface area contributed by atoms with Gasteiger partial charge in [-0.15, -0.1) is 0 Å². The van der Waals surface area contributed by atoms with Crippen molar-refractivity contribution in [2.45, 2.75) is 70.2 Å². The van der Waals surface area contributed by atoms with Crippen molar-refractivity contribution in [3.8, 4) is 5.75 Å². The lowest BCUT2D eigenvalue weighted by atomic mass is 9.99. The molecule has 206 valence electrons. The zero-order valence-electron chi connectivity index (χ0n) is 21.5. The number of rotatable bonds is 8. The van der Waals surface area contributed by atoms with Crippen LogP contribution < -0.4 is 26.4 Å². The fourth-order valence-corrected chi connectivity index (χ4v) is 4.24. The van der Waals surface area contributed by atoms with E-state index in [1.807, 2.05) is 13.0 Å². The van der Waals surface area contributed by atoms with Crippen LogP contribution in [-0.4, -0.2) is 59.2 Å². The van der Waals surface area contributed by atoms with E-state index in [1.54, 1.807) is 18.5 Å². The Hall–Kier alpha value is -3.57. The average molecular weight is 530 g/mol. The van der Waals surface area contributed by atoms with Gasteiger partial charge in [0.2, 0.25) is 17.7 Å². The van der Waals surface area contributed by atoms with E-state index >= 15 is 0 Å². The highest BCUT2D eigenvalue weighted by atomic mass is 19.1. The monoisotopic (exact) mass is 529 g/mol. The molecule has 1 aromatic heterocycles. The molecule has 0 fully saturated rings. The van der Waals surface area contributed by atoms with Gasteiger partial charge in [0, 0.05) is 38.0 Å². The van der Waals surface area contributed by atoms with Gasteiger partial charge < -0.3 is 31.5 Å². The number of carbonyl (C=O) groups excluding carboxylic acids is 3. The van der Waals surface area contributed by atoms with E-state index in [0.29, 0.717) is 30.7 Å². The second kappa shape index (κ2) is 14.4. The maximum absolute atomic E-state index is 14.3. The summed E-state index contributed by atoms with van der Waals surface area (Å²) in [5, 5.41) is 19.5. The molecule has 3 atom stereocenters. The molecule has 1 aliphatic heterocycles. The molecule has 11 heteroatoms. The Kier molecular flexibility index (Phi) is 11.0. The van der Waals surface area contributed by atoms with Crippen molar-refractivity contribution < 1.29 is 28.6 Å². The van der Waals surface area contributed by atoms with Crippen LogP contribution in [0.3, 0.4) is 0 Å². The number of primary amides is 1. The van der Waals surface area contributed by atoms with E-state index in [-0.39, 0.29) is 26.0 Å². The quantitative estimate of drug-likeness (QED) is 0.340. The lowest BCUT2D eigenvalue weighted by Crippen LogP contribution is -2.55. The van der Waals surface area contributed by atoms with Gasteiger partial charge in [-0.25, -0.2) is 4.39 Å². The van der Waals surface area contributed by atoms with Gasteiger partial charge in [0.25, 0.3) is 0 Å². The van der Waals surface area contributed by atoms with Crippen molar-refractivity contribution in [2.75, 3.05) is 13.2 Å². The van der Waals surface area contributed by atoms with Gasteiger partial charge in [-0.2, -0.15) is 0 Å². The molecule has 0 saturated carbocycles. The molecule has 0 radical (unpaired) electrons. The predicted octanol–water partition coefficient (Wildman–Crippen LogP) is 0.884. The highest BCUT2D eigenvalue weighted by molar-refractivity contribution is 5.91. The summed E-state index contributed by atoms with van der Waals surface area (Å²) < 4.78 is 20.0. The number of hydrogen-bond donors (Lipinski definition) is 5. The molecule has 1 aliphatic rings. The number of aryl methyl sites for hydroxylation is 1. The number of aromatic nitrogens is 1. The maximum atomic E-state index is 14.3. The van der Waals surface area contributed by atoms with Gasteiger partial charge in [0.05, 0.1) is 25.2 Å². The second-order valence-electron chi connectivity index (χ2n) is 9.46. The third-order valence-corrected chi connectivity index (χ3v) is 6.25. The number of nitrogens with two attached hydrogens (primary N) is 1. The number of fused-ring (bicyclic) bond motifs is 2. The minimum atomic E-state index is -1.20. The molecule has 38 heavy (non-hydrogen) atoms. The minimum Gasteiger partial charge on any atom is -0.493 e. The number of aliphatic hydroxyl groups is 1. The van der Waals surface area contributed by atoms with Crippen LogP contribution in [0.1, 0.15) is 49.3 Å². The first-order chi connectivity index (χ1) is 18.2. The highest BCUT2D eigenvalue weighted by Crippen LogP contribution is 2.19. The van der Waals surface area contributed by atoms with Gasteiger partial charge in [-0.3, -0.25) is 19.4 Å². The second-order valence-corrected chi connectivity index (χ2v) is 9.46. The number of carbonyl (C=O) groups is 3. The van der Waals surface area contributed by atoms with Crippen molar-refractivity contribution in [1.82, 2.24) is 20.9 Å². The van der Waals surface area contributed by atoms with E-state index in [4.69, 9.17) is 10.5 Å². The predicted molar refractivity (Wildman–Crippen MR) is 138 cm³/mol. The van der Waals surface area contributed by atoms with Gasteiger partial charge in [0.15, 0.2) is 0 Å². The number of amides is 3. The van der Waals surface area contributed by atoms with Crippen molar-refractivity contribution in [3.63, 3.8) is 0 Å². The Balaban J connectivity index is 1.80. The Morgan fingerprint density at radius 1 is 1.21 bits per heavy atom.